The molecule has 1 aliphatic heterocycles. The fourth-order valence-corrected chi connectivity index (χ4v) is 17.2. The molecule has 15 rings (SSSR count). The van der Waals surface area contributed by atoms with E-state index in [4.69, 9.17) is 35.1 Å². The molecular weight excluding hydrogens is 1810 g/mol. The molecule has 0 saturated carbocycles. The van der Waals surface area contributed by atoms with E-state index in [1.165, 1.54) is 78.3 Å². The topological polar surface area (TPSA) is 369 Å². The summed E-state index contributed by atoms with van der Waals surface area (Å²) in [6.07, 6.45) is 13.8. The van der Waals surface area contributed by atoms with Crippen LogP contribution in [0.4, 0.5) is 0 Å². The minimum atomic E-state index is -0.963. The number of nitrogens with zero attached hydrogens (tertiary/aromatic N) is 5. The molecule has 0 radical (unpaired) electrons. The summed E-state index contributed by atoms with van der Waals surface area (Å²) in [5.74, 6) is 1.51. The number of aromatic carboxylic acids is 1. The van der Waals surface area contributed by atoms with E-state index in [1.807, 2.05) is 36.4 Å². The molecule has 4 aliphatic rings. The number of carboxylic acid groups (broad SMARTS) is 1. The van der Waals surface area contributed by atoms with E-state index in [-0.39, 0.29) is 176 Å². The number of hydrogen-bond acceptors (Lipinski definition) is 20. The number of carboxylic acids is 1. The number of benzene rings is 7. The number of ether oxygens (including phenoxy) is 3. The smallest absolute Gasteiger partial charge is 1.00 e. The second-order valence-electron chi connectivity index (χ2n) is 35.5. The summed E-state index contributed by atoms with van der Waals surface area (Å²) in [5.41, 5.74) is 24.7. The van der Waals surface area contributed by atoms with Crippen LogP contribution in [0.5, 0.6) is 0 Å². The quantitative estimate of drug-likeness (QED) is 0.00732. The number of aryl methyl sites for hydroxylation is 5. The number of nitrogens with one attached hydrogen (secondary N) is 5. The van der Waals surface area contributed by atoms with Crippen molar-refractivity contribution in [2.75, 3.05) is 21.3 Å². The zero-order chi connectivity index (χ0) is 98.0. The van der Waals surface area contributed by atoms with Gasteiger partial charge in [0.05, 0.1) is 83.6 Å². The van der Waals surface area contributed by atoms with Crippen LogP contribution in [0, 0.1) is 67.6 Å². The van der Waals surface area contributed by atoms with E-state index < -0.39 is 5.97 Å². The van der Waals surface area contributed by atoms with Gasteiger partial charge in [0.1, 0.15) is 0 Å². The van der Waals surface area contributed by atoms with Crippen molar-refractivity contribution in [1.29, 1.82) is 5.26 Å². The molecule has 5 heterocycles. The number of esters is 3. The molecule has 28 heteroatoms. The molecule has 25 nitrogen and oxygen atoms in total. The maximum Gasteiger partial charge on any atom is 1.00 e. The average Bonchev–Trinajstić information content (AvgIpc) is 1.63. The Labute approximate surface area is 903 Å². The summed E-state index contributed by atoms with van der Waals surface area (Å²) in [6.45, 7) is 29.7. The monoisotopic (exact) mass is 1940 g/mol. The number of hydrogen-bond donors (Lipinski definition) is 6. The number of rotatable bonds is 26. The van der Waals surface area contributed by atoms with Gasteiger partial charge in [-0.25, -0.2) is 19.2 Å². The van der Waals surface area contributed by atoms with Crippen molar-refractivity contribution in [3.8, 4) is 6.07 Å². The van der Waals surface area contributed by atoms with Crippen LogP contribution in [-0.4, -0.2) is 100 Å². The van der Waals surface area contributed by atoms with Crippen LogP contribution in [0.1, 0.15) is 284 Å². The largest absolute Gasteiger partial charge is 1.00 e. The molecule has 6 atom stereocenters. The van der Waals surface area contributed by atoms with Crippen molar-refractivity contribution in [2.24, 2.45) is 35.5 Å². The number of nitriles is 1. The summed E-state index contributed by atoms with van der Waals surface area (Å²) >= 11 is 0. The first-order valence-electron chi connectivity index (χ1n) is 45.7. The summed E-state index contributed by atoms with van der Waals surface area (Å²) in [7, 11) is 4.06. The Balaban J connectivity index is 0.000000308. The van der Waals surface area contributed by atoms with Gasteiger partial charge < -0.3 is 57.5 Å². The summed E-state index contributed by atoms with van der Waals surface area (Å²) in [4.78, 5) is 126. The van der Waals surface area contributed by atoms with Crippen LogP contribution in [0.3, 0.4) is 0 Å². The predicted octanol–water partition coefficient (Wildman–Crippen LogP) is 12.6. The summed E-state index contributed by atoms with van der Waals surface area (Å²) in [5, 5.41) is 39.9. The van der Waals surface area contributed by atoms with Crippen molar-refractivity contribution in [3.63, 3.8) is 0 Å². The first kappa shape index (κ1) is 116. The summed E-state index contributed by atoms with van der Waals surface area (Å²) < 4.78 is 14.1. The van der Waals surface area contributed by atoms with Crippen LogP contribution < -0.4 is 135 Å². The van der Waals surface area contributed by atoms with E-state index in [9.17, 15) is 38.4 Å². The van der Waals surface area contributed by atoms with Gasteiger partial charge in [-0.3, -0.25) is 43.9 Å². The minimum absolute atomic E-state index is 0. The van der Waals surface area contributed by atoms with E-state index in [1.54, 1.807) is 116 Å². The molecule has 138 heavy (non-hydrogen) atoms. The number of carbonyl (C=O) groups excluding carboxylic acids is 8. The molecule has 0 saturated heterocycles. The maximum absolute atomic E-state index is 12.8. The molecule has 6 N–H and O–H groups in total. The third-order valence-corrected chi connectivity index (χ3v) is 24.4. The van der Waals surface area contributed by atoms with Gasteiger partial charge in [-0.05, 0) is 235 Å². The average molecular weight is 1940 g/mol. The Morgan fingerprint density at radius 3 is 1.02 bits per heavy atom. The number of halogens is 1. The van der Waals surface area contributed by atoms with Crippen LogP contribution in [0.25, 0.3) is 0 Å². The molecule has 0 spiro atoms. The van der Waals surface area contributed by atoms with E-state index in [2.05, 4.69) is 207 Å². The Kier molecular flexibility index (Phi) is 49.1. The van der Waals surface area contributed by atoms with Crippen molar-refractivity contribution < 1.29 is 177 Å². The Bertz CT molecular complexity index is 5750. The van der Waals surface area contributed by atoms with Crippen LogP contribution >= 0.6 is 12.4 Å². The number of amides is 4. The van der Waals surface area contributed by atoms with Crippen LogP contribution in [0.2, 0.25) is 0 Å². The normalized spacial score (nSPS) is 15.0. The third-order valence-electron chi connectivity index (χ3n) is 24.4. The van der Waals surface area contributed by atoms with E-state index in [0.29, 0.717) is 118 Å². The zero-order valence-corrected chi connectivity index (χ0v) is 89.5. The van der Waals surface area contributed by atoms with Gasteiger partial charge in [-0.1, -0.05) is 200 Å². The first-order chi connectivity index (χ1) is 64.8. The Morgan fingerprint density at radius 2 is 0.732 bits per heavy atom. The van der Waals surface area contributed by atoms with Crippen molar-refractivity contribution in [3.05, 3.63) is 364 Å². The molecule has 4 amide bonds. The van der Waals surface area contributed by atoms with Gasteiger partial charge in [0, 0.05) is 99.3 Å². The van der Waals surface area contributed by atoms with Gasteiger partial charge >= 0.3 is 127 Å². The third kappa shape index (κ3) is 34.1. The molecule has 7 aromatic carbocycles. The van der Waals surface area contributed by atoms with Gasteiger partial charge in [-0.2, -0.15) is 5.26 Å². The molecule has 716 valence electrons. The second-order valence-corrected chi connectivity index (χ2v) is 35.5. The predicted molar refractivity (Wildman–Crippen MR) is 525 cm³/mol. The van der Waals surface area contributed by atoms with Crippen molar-refractivity contribution in [1.82, 2.24) is 46.5 Å². The number of methoxy groups -OCH3 is 3. The van der Waals surface area contributed by atoms with Gasteiger partial charge in [0.25, 0.3) is 30.1 Å². The maximum atomic E-state index is 12.8. The summed E-state index contributed by atoms with van der Waals surface area (Å²) in [6, 6.07) is 63.6. The van der Waals surface area contributed by atoms with Gasteiger partial charge in [0.15, 0.2) is 0 Å². The SMILES string of the molecule is CC#N.CCc1ccc(C)cc1.COC(=O)c1ccc(CNC(=O)c2cnc3c(c2)CC(Cc2ccc(C)cc2)[C@H]3C(C)C)cc1.COC(=O)c1ccc(CNC(=O)c2cnc3c(c2)CC[C@H]3C(C)C)cc1.COC(=O)c1ccc(CNC(=O)c2cnc3c(c2)CN[C@H]3C(C)C)cc1.Cc1ccc(CC2Cc3cc(C(=O)NCc4ccc(C(=O)O)cc4)cnc3[C@@H]2C(C)C)cc1.Cl.O=CO[O-].[H-].[K+].[K+]. The molecule has 0 bridgehead atoms. The standard InChI is InChI=1S/C29H32N2O3.C28H30N2O3.C21H24N2O3.C20H23N3O3.C9H12.C2H3N.CH2O3.ClH.2K.H/c1-18(2)26-23(13-20-7-5-19(3)6-8-20)14-24-15-25(17-30-27(24)26)28(32)31-16-21-9-11-22(12-10-21)29(33)34-4;1-17(2)25-22(12-19-6-4-18(3)5-7-19)13-23-14-24(16-29-26(23)25)27(31)30-15-20-8-10-21(11-9-20)28(32)33;1-13(2)18-9-8-16-10-17(12-22-19(16)18)20(24)23-11-14-4-6-15(7-5-14)21(25)26-3;1-12(2)17-18-15(10-21-17)8-16(11-22-18)19(24)23-9-13-4-6-14(7-5-13)20(25)26-3;1-3-9-6-4-8(2)5-7-9;1-2-3;2-1-4-3;;;;/h5-12,15,17-18,23,26H,13-14,16H2,1-4H3,(H,31,32);4-11,14,16-17,22,25H,12-13,15H2,1-3H3,(H,30,31)(H,32,33);4-7,10,12-13,18H,8-9,11H2,1-3H3,(H,23,24);4-8,11-12,17,21H,9-10H2,1-3H3,(H,23,24);4-7H,3H2,1-2H3;1H3;1,3H;1H;;;/q;;;;;;;;2*+1;-1/p-1/t23?,26-;22?,25-;18-;17-;;;;;;;/m1100......./s1. The number of aromatic nitrogens is 4. The second kappa shape index (κ2) is 58.4. The molecule has 3 aliphatic carbocycles. The van der Waals surface area contributed by atoms with Gasteiger partial charge in [-0.15, -0.1) is 12.4 Å². The fraction of sp³-hybridized carbons (Fsp3) is 0.345. The number of pyridine rings is 4. The van der Waals surface area contributed by atoms with E-state index >= 15 is 0 Å². The van der Waals surface area contributed by atoms with Crippen LogP contribution in [0.15, 0.2) is 219 Å². The molecule has 11 aromatic rings. The first-order valence-corrected chi connectivity index (χ1v) is 45.7. The molecule has 4 aromatic heterocycles. The zero-order valence-electron chi connectivity index (χ0n) is 83.4. The number of fused-ring (bicyclic) bond motifs is 4. The van der Waals surface area contributed by atoms with E-state index in [0.717, 1.165) is 102 Å². The molecule has 2 unspecified atom stereocenters. The van der Waals surface area contributed by atoms with Crippen LogP contribution in [-0.2, 0) is 95.1 Å². The molecule has 0 fully saturated rings. The Hall–Kier alpha value is -10.7. The van der Waals surface area contributed by atoms with Crippen molar-refractivity contribution >= 4 is 66.4 Å². The van der Waals surface area contributed by atoms with Gasteiger partial charge in [0.2, 0.25) is 0 Å². The Morgan fingerprint density at radius 1 is 0.442 bits per heavy atom. The minimum Gasteiger partial charge on any atom is -1.00 e. The van der Waals surface area contributed by atoms with Crippen molar-refractivity contribution in [2.45, 2.75) is 191 Å². The number of carbonyl (C=O) groups is 9. The fourth-order valence-electron chi connectivity index (χ4n) is 17.2. The molecular formula is C110H127ClK2N10O15.